The molecule has 2 aromatic heterocycles. The average molecular weight is 258 g/mol. The first kappa shape index (κ1) is 11.1. The van der Waals surface area contributed by atoms with Crippen LogP contribution in [-0.4, -0.2) is 9.97 Å². The fraction of sp³-hybridized carbons (Fsp3) is 0. The van der Waals surface area contributed by atoms with E-state index in [0.717, 1.165) is 11.4 Å². The van der Waals surface area contributed by atoms with Gasteiger partial charge in [0, 0.05) is 34.9 Å². The van der Waals surface area contributed by atoms with Crippen molar-refractivity contribution in [1.82, 2.24) is 9.97 Å². The molecule has 4 rings (SSSR count). The molecule has 20 heavy (non-hydrogen) atoms. The van der Waals surface area contributed by atoms with Gasteiger partial charge < -0.3 is 9.97 Å². The highest BCUT2D eigenvalue weighted by molar-refractivity contribution is 5.97. The van der Waals surface area contributed by atoms with Crippen LogP contribution in [0.2, 0.25) is 0 Å². The maximum atomic E-state index is 3.33. The van der Waals surface area contributed by atoms with E-state index < -0.39 is 0 Å². The van der Waals surface area contributed by atoms with Crippen LogP contribution in [0.5, 0.6) is 0 Å². The zero-order chi connectivity index (χ0) is 13.4. The van der Waals surface area contributed by atoms with Crippen LogP contribution in [0, 0.1) is 0 Å². The molecule has 0 aromatic carbocycles. The van der Waals surface area contributed by atoms with Gasteiger partial charge in [-0.05, 0) is 41.5 Å². The van der Waals surface area contributed by atoms with Crippen molar-refractivity contribution in [2.45, 2.75) is 0 Å². The molecule has 2 aromatic rings. The number of hydrogen-bond donors (Lipinski definition) is 2. The second kappa shape index (κ2) is 4.42. The summed E-state index contributed by atoms with van der Waals surface area (Å²) in [5, 5.41) is 0. The molecule has 0 atom stereocenters. The Labute approximate surface area is 117 Å². The molecule has 2 aliphatic rings. The van der Waals surface area contributed by atoms with Crippen LogP contribution < -0.4 is 0 Å². The first-order chi connectivity index (χ1) is 9.93. The monoisotopic (exact) mass is 258 g/mol. The summed E-state index contributed by atoms with van der Waals surface area (Å²) in [5.74, 6) is 0. The highest BCUT2D eigenvalue weighted by Gasteiger charge is 2.18. The maximum absolute atomic E-state index is 3.33. The van der Waals surface area contributed by atoms with Gasteiger partial charge in [0.15, 0.2) is 0 Å². The van der Waals surface area contributed by atoms with E-state index >= 15 is 0 Å². The predicted molar refractivity (Wildman–Crippen MR) is 82.6 cm³/mol. The maximum Gasteiger partial charge on any atom is 0.0467 e. The minimum absolute atomic E-state index is 1.15. The summed E-state index contributed by atoms with van der Waals surface area (Å²) in [7, 11) is 0. The molecular weight excluding hydrogens is 244 g/mol. The molecule has 0 spiro atoms. The first-order valence-corrected chi connectivity index (χ1v) is 6.73. The van der Waals surface area contributed by atoms with Crippen molar-refractivity contribution >= 4 is 0 Å². The van der Waals surface area contributed by atoms with E-state index in [0.29, 0.717) is 0 Å². The van der Waals surface area contributed by atoms with Gasteiger partial charge in [-0.15, -0.1) is 0 Å². The number of hydrogen-bond acceptors (Lipinski definition) is 0. The summed E-state index contributed by atoms with van der Waals surface area (Å²) in [5.41, 5.74) is 7.30. The predicted octanol–water partition coefficient (Wildman–Crippen LogP) is 4.78. The summed E-state index contributed by atoms with van der Waals surface area (Å²) in [6.07, 6.45) is 3.93. The number of aromatic nitrogens is 2. The third-order valence-electron chi connectivity index (χ3n) is 3.67. The number of aromatic amines is 2. The lowest BCUT2D eigenvalue weighted by Crippen LogP contribution is -1.81. The van der Waals surface area contributed by atoms with Gasteiger partial charge in [0.1, 0.15) is 0 Å². The quantitative estimate of drug-likeness (QED) is 0.518. The molecule has 96 valence electrons. The summed E-state index contributed by atoms with van der Waals surface area (Å²) in [6, 6.07) is 21.1. The van der Waals surface area contributed by atoms with Crippen molar-refractivity contribution < 1.29 is 0 Å². The summed E-state index contributed by atoms with van der Waals surface area (Å²) < 4.78 is 0. The van der Waals surface area contributed by atoms with E-state index in [1.807, 2.05) is 24.5 Å². The van der Waals surface area contributed by atoms with Crippen LogP contribution >= 0.6 is 0 Å². The first-order valence-electron chi connectivity index (χ1n) is 6.73. The van der Waals surface area contributed by atoms with Gasteiger partial charge in [0.25, 0.3) is 0 Å². The van der Waals surface area contributed by atoms with E-state index in [4.69, 9.17) is 0 Å². The zero-order valence-electron chi connectivity index (χ0n) is 10.9. The van der Waals surface area contributed by atoms with Crippen LogP contribution in [-0.2, 0) is 0 Å². The Bertz CT molecular complexity index is 795. The molecule has 0 bridgehead atoms. The van der Waals surface area contributed by atoms with Crippen molar-refractivity contribution in [2.75, 3.05) is 0 Å². The van der Waals surface area contributed by atoms with Gasteiger partial charge in [-0.2, -0.15) is 0 Å². The SMILES string of the molecule is c1ccc2cc(-c3ccc[nH]3)c(-c3ccc[nH]3)c-2cc1. The molecule has 2 aliphatic carbocycles. The second-order valence-electron chi connectivity index (χ2n) is 4.88. The van der Waals surface area contributed by atoms with Crippen molar-refractivity contribution in [3.05, 3.63) is 73.1 Å². The molecule has 2 heteroatoms. The summed E-state index contributed by atoms with van der Waals surface area (Å²) in [4.78, 5) is 6.64. The van der Waals surface area contributed by atoms with Gasteiger partial charge in [-0.1, -0.05) is 30.3 Å². The Kier molecular flexibility index (Phi) is 2.46. The second-order valence-corrected chi connectivity index (χ2v) is 4.88. The van der Waals surface area contributed by atoms with Crippen LogP contribution in [0.15, 0.2) is 73.1 Å². The van der Waals surface area contributed by atoms with Gasteiger partial charge in [-0.3, -0.25) is 0 Å². The third kappa shape index (κ3) is 1.66. The number of fused-ring (bicyclic) bond motifs is 1. The van der Waals surface area contributed by atoms with E-state index in [-0.39, 0.29) is 0 Å². The molecule has 0 fully saturated rings. The van der Waals surface area contributed by atoms with Crippen LogP contribution in [0.3, 0.4) is 0 Å². The third-order valence-corrected chi connectivity index (χ3v) is 3.67. The van der Waals surface area contributed by atoms with E-state index in [9.17, 15) is 0 Å². The van der Waals surface area contributed by atoms with E-state index in [2.05, 4.69) is 58.5 Å². The van der Waals surface area contributed by atoms with Crippen molar-refractivity contribution in [2.24, 2.45) is 0 Å². The normalized spacial score (nSPS) is 11.0. The topological polar surface area (TPSA) is 31.6 Å². The van der Waals surface area contributed by atoms with Gasteiger partial charge >= 0.3 is 0 Å². The smallest absolute Gasteiger partial charge is 0.0467 e. The summed E-state index contributed by atoms with van der Waals surface area (Å²) in [6.45, 7) is 0. The van der Waals surface area contributed by atoms with Crippen LogP contribution in [0.1, 0.15) is 0 Å². The Morgan fingerprint density at radius 3 is 2.10 bits per heavy atom. The van der Waals surface area contributed by atoms with E-state index in [1.54, 1.807) is 0 Å². The number of rotatable bonds is 2. The molecule has 2 N–H and O–H groups in total. The van der Waals surface area contributed by atoms with Crippen molar-refractivity contribution in [3.8, 4) is 33.6 Å². The van der Waals surface area contributed by atoms with Crippen molar-refractivity contribution in [3.63, 3.8) is 0 Å². The molecule has 0 saturated carbocycles. The average Bonchev–Trinajstić information content (AvgIpc) is 3.16. The fourth-order valence-electron chi connectivity index (χ4n) is 2.77. The summed E-state index contributed by atoms with van der Waals surface area (Å²) >= 11 is 0. The standard InChI is InChI=1S/C18H14N2/c1-2-6-13-12-15(16-8-4-10-19-16)18(14(13)7-3-1)17-9-5-11-20-17/h1-12,19-20H. The molecule has 0 amide bonds. The van der Waals surface area contributed by atoms with Crippen molar-refractivity contribution in [1.29, 1.82) is 0 Å². The molecule has 0 aliphatic heterocycles. The van der Waals surface area contributed by atoms with E-state index in [1.165, 1.54) is 22.3 Å². The van der Waals surface area contributed by atoms with Gasteiger partial charge in [0.05, 0.1) is 0 Å². The Balaban J connectivity index is 2.08. The lowest BCUT2D eigenvalue weighted by molar-refractivity contribution is 1.39. The Hall–Kier alpha value is -2.74. The molecule has 0 saturated heterocycles. The Morgan fingerprint density at radius 1 is 0.600 bits per heavy atom. The van der Waals surface area contributed by atoms with Gasteiger partial charge in [-0.25, -0.2) is 0 Å². The minimum Gasteiger partial charge on any atom is -0.361 e. The molecule has 0 unspecified atom stereocenters. The molecule has 2 heterocycles. The Morgan fingerprint density at radius 2 is 1.35 bits per heavy atom. The number of H-pyrrole nitrogens is 2. The van der Waals surface area contributed by atoms with Crippen LogP contribution in [0.25, 0.3) is 33.6 Å². The molecule has 2 nitrogen and oxygen atoms in total. The largest absolute Gasteiger partial charge is 0.361 e. The molecule has 0 radical (unpaired) electrons. The highest BCUT2D eigenvalue weighted by atomic mass is 14.7. The zero-order valence-corrected chi connectivity index (χ0v) is 10.9. The minimum atomic E-state index is 1.15. The van der Waals surface area contributed by atoms with Crippen LogP contribution in [0.4, 0.5) is 0 Å². The van der Waals surface area contributed by atoms with Gasteiger partial charge in [0.2, 0.25) is 0 Å². The molecular formula is C18H14N2. The fourth-order valence-corrected chi connectivity index (χ4v) is 2.77. The lowest BCUT2D eigenvalue weighted by atomic mass is 10.0. The highest BCUT2D eigenvalue weighted by Crippen LogP contribution is 2.42. The lowest BCUT2D eigenvalue weighted by Gasteiger charge is -2.03. The number of nitrogens with one attached hydrogen (secondary N) is 2.